The zero-order valence-electron chi connectivity index (χ0n) is 10.7. The van der Waals surface area contributed by atoms with Crippen molar-refractivity contribution in [3.63, 3.8) is 0 Å². The van der Waals surface area contributed by atoms with Crippen molar-refractivity contribution < 1.29 is 9.13 Å². The zero-order valence-corrected chi connectivity index (χ0v) is 12.3. The first kappa shape index (κ1) is 14.5. The van der Waals surface area contributed by atoms with Crippen LogP contribution in [0.1, 0.15) is 19.8 Å². The highest BCUT2D eigenvalue weighted by Crippen LogP contribution is 2.22. The van der Waals surface area contributed by atoms with Gasteiger partial charge in [0.1, 0.15) is 5.82 Å². The average Bonchev–Trinajstić information content (AvgIpc) is 2.66. The van der Waals surface area contributed by atoms with E-state index in [4.69, 9.17) is 28.6 Å². The quantitative estimate of drug-likeness (QED) is 0.636. The highest BCUT2D eigenvalue weighted by atomic mass is 35.5. The molecule has 0 saturated carbocycles. The summed E-state index contributed by atoms with van der Waals surface area (Å²) >= 11 is 11.0. The monoisotopic (exact) mass is 302 g/mol. The fourth-order valence-corrected chi connectivity index (χ4v) is 2.34. The van der Waals surface area contributed by atoms with Gasteiger partial charge in [0.15, 0.2) is 4.77 Å². The molecule has 0 fully saturated rings. The van der Waals surface area contributed by atoms with Crippen LogP contribution in [0.2, 0.25) is 5.02 Å². The first-order chi connectivity index (χ1) is 9.13. The van der Waals surface area contributed by atoms with Crippen LogP contribution < -0.4 is 0 Å². The van der Waals surface area contributed by atoms with Gasteiger partial charge in [-0.3, -0.25) is 0 Å². The number of benzene rings is 1. The molecule has 0 atom stereocenters. The van der Waals surface area contributed by atoms with Gasteiger partial charge in [-0.05, 0) is 24.7 Å². The Hall–Kier alpha value is -0.910. The van der Waals surface area contributed by atoms with E-state index in [1.165, 1.54) is 6.07 Å². The summed E-state index contributed by atoms with van der Waals surface area (Å²) in [6.07, 6.45) is 2.16. The standard InChI is InChI=1S/C13H16ClFN2OS/c1-2-3-5-18-6-4-17-12-7-9(14)10(15)8-11(12)16-13(17)19/h7-8H,2-6H2,1H3,(H,16,19). The lowest BCUT2D eigenvalue weighted by Crippen LogP contribution is -2.06. The molecule has 0 saturated heterocycles. The number of nitrogens with zero attached hydrogens (tertiary/aromatic N) is 1. The summed E-state index contributed by atoms with van der Waals surface area (Å²) in [5.41, 5.74) is 1.45. The number of hydrogen-bond acceptors (Lipinski definition) is 2. The molecule has 19 heavy (non-hydrogen) atoms. The van der Waals surface area contributed by atoms with Crippen LogP contribution in [-0.2, 0) is 11.3 Å². The van der Waals surface area contributed by atoms with Gasteiger partial charge in [-0.2, -0.15) is 0 Å². The topological polar surface area (TPSA) is 29.9 Å². The summed E-state index contributed by atoms with van der Waals surface area (Å²) < 4.78 is 21.3. The number of nitrogens with one attached hydrogen (secondary N) is 1. The van der Waals surface area contributed by atoms with Crippen molar-refractivity contribution in [2.45, 2.75) is 26.3 Å². The molecule has 0 spiro atoms. The number of hydrogen-bond donors (Lipinski definition) is 1. The summed E-state index contributed by atoms with van der Waals surface area (Å²) in [5, 5.41) is 0.0992. The first-order valence-electron chi connectivity index (χ1n) is 6.28. The summed E-state index contributed by atoms with van der Waals surface area (Å²) in [4.78, 5) is 2.97. The molecule has 3 nitrogen and oxygen atoms in total. The van der Waals surface area contributed by atoms with Gasteiger partial charge in [0.05, 0.1) is 22.7 Å². The van der Waals surface area contributed by atoms with Gasteiger partial charge >= 0.3 is 0 Å². The predicted octanol–water partition coefficient (Wildman–Crippen LogP) is 4.31. The second-order valence-electron chi connectivity index (χ2n) is 4.33. The molecule has 1 aromatic heterocycles. The summed E-state index contributed by atoms with van der Waals surface area (Å²) in [6.45, 7) is 4.08. The molecule has 0 amide bonds. The van der Waals surface area contributed by atoms with Gasteiger partial charge in [0, 0.05) is 19.2 Å². The number of unbranched alkanes of at least 4 members (excludes halogenated alkanes) is 1. The molecule has 0 radical (unpaired) electrons. The van der Waals surface area contributed by atoms with Gasteiger partial charge in [-0.15, -0.1) is 0 Å². The van der Waals surface area contributed by atoms with Crippen LogP contribution in [0.4, 0.5) is 4.39 Å². The number of aromatic nitrogens is 2. The van der Waals surface area contributed by atoms with Crippen molar-refractivity contribution in [1.82, 2.24) is 9.55 Å². The van der Waals surface area contributed by atoms with Gasteiger partial charge in [0.2, 0.25) is 0 Å². The van der Waals surface area contributed by atoms with Crippen LogP contribution in [0.5, 0.6) is 0 Å². The van der Waals surface area contributed by atoms with Crippen molar-refractivity contribution in [3.05, 3.63) is 27.7 Å². The lowest BCUT2D eigenvalue weighted by molar-refractivity contribution is 0.124. The van der Waals surface area contributed by atoms with Crippen molar-refractivity contribution in [2.24, 2.45) is 0 Å². The molecule has 1 aromatic carbocycles. The maximum Gasteiger partial charge on any atom is 0.178 e. The number of fused-ring (bicyclic) bond motifs is 1. The normalized spacial score (nSPS) is 11.3. The second-order valence-corrected chi connectivity index (χ2v) is 5.13. The van der Waals surface area contributed by atoms with Crippen molar-refractivity contribution in [3.8, 4) is 0 Å². The molecule has 104 valence electrons. The third-order valence-corrected chi connectivity index (χ3v) is 3.53. The Bertz CT molecular complexity index is 623. The fraction of sp³-hybridized carbons (Fsp3) is 0.462. The minimum absolute atomic E-state index is 0.0992. The van der Waals surface area contributed by atoms with Crippen molar-refractivity contribution in [2.75, 3.05) is 13.2 Å². The lowest BCUT2D eigenvalue weighted by Gasteiger charge is -2.06. The maximum absolute atomic E-state index is 13.4. The Balaban J connectivity index is 2.16. The van der Waals surface area contributed by atoms with Crippen LogP contribution >= 0.6 is 23.8 Å². The highest BCUT2D eigenvalue weighted by molar-refractivity contribution is 7.71. The molecule has 1 heterocycles. The number of imidazole rings is 1. The minimum atomic E-state index is -0.447. The number of H-pyrrole nitrogens is 1. The maximum atomic E-state index is 13.4. The van der Waals surface area contributed by atoms with Gasteiger partial charge in [0.25, 0.3) is 0 Å². The number of halogens is 2. The van der Waals surface area contributed by atoms with Gasteiger partial charge < -0.3 is 14.3 Å². The van der Waals surface area contributed by atoms with Gasteiger partial charge in [-0.25, -0.2) is 4.39 Å². The van der Waals surface area contributed by atoms with Crippen LogP contribution in [0, 0.1) is 10.6 Å². The molecule has 0 aliphatic heterocycles. The third kappa shape index (κ3) is 3.35. The number of ether oxygens (including phenoxy) is 1. The summed E-state index contributed by atoms with van der Waals surface area (Å²) in [5.74, 6) is -0.447. The largest absolute Gasteiger partial charge is 0.380 e. The van der Waals surface area contributed by atoms with E-state index in [1.807, 2.05) is 4.57 Å². The third-order valence-electron chi connectivity index (χ3n) is 2.92. The van der Waals surface area contributed by atoms with E-state index in [0.717, 1.165) is 25.0 Å². The fourth-order valence-electron chi connectivity index (χ4n) is 1.88. The Morgan fingerprint density at radius 2 is 2.21 bits per heavy atom. The molecule has 2 aromatic rings. The summed E-state index contributed by atoms with van der Waals surface area (Å²) in [7, 11) is 0. The molecule has 0 aliphatic rings. The first-order valence-corrected chi connectivity index (χ1v) is 7.07. The highest BCUT2D eigenvalue weighted by Gasteiger charge is 2.08. The van der Waals surface area contributed by atoms with E-state index in [2.05, 4.69) is 11.9 Å². The molecule has 0 aliphatic carbocycles. The molecule has 0 unspecified atom stereocenters. The van der Waals surface area contributed by atoms with Crippen LogP contribution in [0.15, 0.2) is 12.1 Å². The Morgan fingerprint density at radius 3 is 2.95 bits per heavy atom. The van der Waals surface area contributed by atoms with E-state index in [1.54, 1.807) is 6.07 Å². The number of aromatic amines is 1. The molecule has 6 heteroatoms. The Labute approximate surface area is 121 Å². The molecule has 1 N–H and O–H groups in total. The Morgan fingerprint density at radius 1 is 1.42 bits per heavy atom. The lowest BCUT2D eigenvalue weighted by atomic mass is 10.3. The SMILES string of the molecule is CCCCOCCn1c(=S)[nH]c2cc(F)c(Cl)cc21. The van der Waals surface area contributed by atoms with E-state index in [0.29, 0.717) is 23.4 Å². The van der Waals surface area contributed by atoms with Crippen molar-refractivity contribution >= 4 is 34.9 Å². The smallest absolute Gasteiger partial charge is 0.178 e. The molecule has 0 bridgehead atoms. The predicted molar refractivity (Wildman–Crippen MR) is 77.8 cm³/mol. The van der Waals surface area contributed by atoms with E-state index < -0.39 is 5.82 Å². The van der Waals surface area contributed by atoms with Crippen LogP contribution in [0.25, 0.3) is 11.0 Å². The van der Waals surface area contributed by atoms with Crippen LogP contribution in [-0.4, -0.2) is 22.8 Å². The van der Waals surface area contributed by atoms with E-state index in [9.17, 15) is 4.39 Å². The van der Waals surface area contributed by atoms with Gasteiger partial charge in [-0.1, -0.05) is 24.9 Å². The second kappa shape index (κ2) is 6.50. The summed E-state index contributed by atoms with van der Waals surface area (Å²) in [6, 6.07) is 2.95. The van der Waals surface area contributed by atoms with E-state index >= 15 is 0 Å². The number of rotatable bonds is 6. The zero-order chi connectivity index (χ0) is 13.8. The minimum Gasteiger partial charge on any atom is -0.380 e. The average molecular weight is 303 g/mol. The van der Waals surface area contributed by atoms with Crippen molar-refractivity contribution in [1.29, 1.82) is 0 Å². The van der Waals surface area contributed by atoms with E-state index in [-0.39, 0.29) is 5.02 Å². The molecular formula is C13H16ClFN2OS. The Kier molecular flexibility index (Phi) is 4.96. The van der Waals surface area contributed by atoms with Crippen LogP contribution in [0.3, 0.4) is 0 Å². The molecule has 2 rings (SSSR count). The molecular weight excluding hydrogens is 287 g/mol.